The number of fused-ring (bicyclic) bond motifs is 2. The topological polar surface area (TPSA) is 32.3 Å². The molecule has 1 amide bonds. The number of carbonyl (C=O) groups is 1. The van der Waals surface area contributed by atoms with Crippen LogP contribution in [-0.2, 0) is 0 Å². The summed E-state index contributed by atoms with van der Waals surface area (Å²) in [6.07, 6.45) is 4.45. The van der Waals surface area contributed by atoms with Gasteiger partial charge in [-0.1, -0.05) is 0 Å². The van der Waals surface area contributed by atoms with Crippen molar-refractivity contribution in [1.82, 2.24) is 10.2 Å². The molecular formula is C15H18BrFN2O. The highest BCUT2D eigenvalue weighted by molar-refractivity contribution is 9.10. The number of piperidine rings is 1. The Bertz CT molecular complexity index is 525. The summed E-state index contributed by atoms with van der Waals surface area (Å²) in [5, 5.41) is 3.58. The summed E-state index contributed by atoms with van der Waals surface area (Å²) in [5.74, 6) is -0.376. The lowest BCUT2D eigenvalue weighted by molar-refractivity contribution is 0.0680. The Morgan fingerprint density at radius 3 is 2.60 bits per heavy atom. The first-order chi connectivity index (χ1) is 9.54. The Labute approximate surface area is 126 Å². The fourth-order valence-corrected chi connectivity index (χ4v) is 3.88. The fraction of sp³-hybridized carbons (Fsp3) is 0.533. The predicted molar refractivity (Wildman–Crippen MR) is 79.2 cm³/mol. The zero-order valence-electron chi connectivity index (χ0n) is 11.4. The summed E-state index contributed by atoms with van der Waals surface area (Å²) in [6, 6.07) is 5.59. The van der Waals surface area contributed by atoms with Crippen molar-refractivity contribution in [2.24, 2.45) is 0 Å². The zero-order valence-corrected chi connectivity index (χ0v) is 13.0. The quantitative estimate of drug-likeness (QED) is 0.897. The summed E-state index contributed by atoms with van der Waals surface area (Å²) in [4.78, 5) is 14.4. The van der Waals surface area contributed by atoms with Crippen LogP contribution in [0.3, 0.4) is 0 Å². The molecule has 3 nitrogen and oxygen atoms in total. The Morgan fingerprint density at radius 1 is 1.35 bits per heavy atom. The lowest BCUT2D eigenvalue weighted by Gasteiger charge is -2.35. The zero-order chi connectivity index (χ0) is 14.3. The highest BCUT2D eigenvalue weighted by Gasteiger charge is 2.36. The molecule has 0 aromatic heterocycles. The molecule has 2 aliphatic rings. The molecule has 2 unspecified atom stereocenters. The second kappa shape index (κ2) is 5.45. The van der Waals surface area contributed by atoms with Crippen LogP contribution in [0.25, 0.3) is 0 Å². The van der Waals surface area contributed by atoms with E-state index in [4.69, 9.17) is 0 Å². The van der Waals surface area contributed by atoms with Gasteiger partial charge in [-0.25, -0.2) is 4.39 Å². The summed E-state index contributed by atoms with van der Waals surface area (Å²) in [5.41, 5.74) is 0.528. The molecule has 5 heteroatoms. The van der Waals surface area contributed by atoms with Crippen molar-refractivity contribution >= 4 is 21.8 Å². The van der Waals surface area contributed by atoms with E-state index in [1.165, 1.54) is 25.0 Å². The van der Waals surface area contributed by atoms with Gasteiger partial charge >= 0.3 is 0 Å². The van der Waals surface area contributed by atoms with Crippen LogP contribution >= 0.6 is 15.9 Å². The maximum atomic E-state index is 13.1. The first-order valence-electron chi connectivity index (χ1n) is 7.03. The number of hydrogen-bond acceptors (Lipinski definition) is 2. The van der Waals surface area contributed by atoms with Gasteiger partial charge in [0.2, 0.25) is 0 Å². The lowest BCUT2D eigenvalue weighted by atomic mass is 9.98. The molecule has 2 aliphatic heterocycles. The van der Waals surface area contributed by atoms with Gasteiger partial charge in [-0.2, -0.15) is 0 Å². The predicted octanol–water partition coefficient (Wildman–Crippen LogP) is 2.94. The fourth-order valence-electron chi connectivity index (χ4n) is 3.36. The lowest BCUT2D eigenvalue weighted by Crippen LogP contribution is -2.48. The molecule has 2 bridgehead atoms. The number of rotatable bonds is 2. The Morgan fingerprint density at radius 2 is 2.00 bits per heavy atom. The Hall–Kier alpha value is -0.940. The van der Waals surface area contributed by atoms with E-state index in [-0.39, 0.29) is 17.8 Å². The van der Waals surface area contributed by atoms with Gasteiger partial charge in [0.1, 0.15) is 5.82 Å². The third-order valence-electron chi connectivity index (χ3n) is 4.48. The van der Waals surface area contributed by atoms with E-state index in [0.29, 0.717) is 22.1 Å². The van der Waals surface area contributed by atoms with E-state index in [2.05, 4.69) is 21.2 Å². The summed E-state index contributed by atoms with van der Waals surface area (Å²) in [7, 11) is 1.85. The number of amides is 1. The van der Waals surface area contributed by atoms with Gasteiger partial charge in [0.15, 0.2) is 0 Å². The number of benzene rings is 1. The molecule has 3 rings (SSSR count). The van der Waals surface area contributed by atoms with E-state index < -0.39 is 0 Å². The SMILES string of the molecule is CN(C(=O)c1ccc(F)cc1Br)C1CC2CCC(C1)N2. The van der Waals surface area contributed by atoms with Crippen LogP contribution in [0.1, 0.15) is 36.0 Å². The Balaban J connectivity index is 1.76. The monoisotopic (exact) mass is 340 g/mol. The van der Waals surface area contributed by atoms with Gasteiger partial charge in [-0.15, -0.1) is 0 Å². The van der Waals surface area contributed by atoms with Gasteiger partial charge in [-0.05, 0) is 59.8 Å². The number of carbonyl (C=O) groups excluding carboxylic acids is 1. The second-order valence-corrected chi connectivity index (χ2v) is 6.66. The minimum absolute atomic E-state index is 0.0387. The Kier molecular flexibility index (Phi) is 3.82. The van der Waals surface area contributed by atoms with Crippen molar-refractivity contribution in [3.8, 4) is 0 Å². The number of hydrogen-bond donors (Lipinski definition) is 1. The normalized spacial score (nSPS) is 28.4. The third kappa shape index (κ3) is 2.61. The molecule has 2 atom stereocenters. The van der Waals surface area contributed by atoms with Gasteiger partial charge in [0, 0.05) is 29.6 Å². The number of halogens is 2. The maximum Gasteiger partial charge on any atom is 0.254 e. The van der Waals surface area contributed by atoms with Crippen molar-refractivity contribution in [3.05, 3.63) is 34.1 Å². The van der Waals surface area contributed by atoms with E-state index in [1.54, 1.807) is 6.07 Å². The van der Waals surface area contributed by atoms with Crippen LogP contribution < -0.4 is 5.32 Å². The minimum atomic E-state index is -0.337. The molecule has 1 aromatic carbocycles. The summed E-state index contributed by atoms with van der Waals surface area (Å²) < 4.78 is 13.6. The van der Waals surface area contributed by atoms with Gasteiger partial charge < -0.3 is 10.2 Å². The summed E-state index contributed by atoms with van der Waals surface area (Å²) in [6.45, 7) is 0. The molecular weight excluding hydrogens is 323 g/mol. The standard InChI is InChI=1S/C15H18BrFN2O/c1-19(12-7-10-3-4-11(8-12)18-10)15(20)13-5-2-9(17)6-14(13)16/h2,5-6,10-12,18H,3-4,7-8H2,1H3. The van der Waals surface area contributed by atoms with E-state index >= 15 is 0 Å². The van der Waals surface area contributed by atoms with Crippen molar-refractivity contribution in [2.75, 3.05) is 7.05 Å². The van der Waals surface area contributed by atoms with Gasteiger partial charge in [0.25, 0.3) is 5.91 Å². The average Bonchev–Trinajstić information content (AvgIpc) is 2.76. The molecule has 20 heavy (non-hydrogen) atoms. The van der Waals surface area contributed by atoms with Crippen molar-refractivity contribution < 1.29 is 9.18 Å². The van der Waals surface area contributed by atoms with E-state index in [1.807, 2.05) is 11.9 Å². The van der Waals surface area contributed by atoms with Crippen molar-refractivity contribution in [1.29, 1.82) is 0 Å². The number of nitrogens with one attached hydrogen (secondary N) is 1. The molecule has 1 aromatic rings. The molecule has 108 valence electrons. The molecule has 2 saturated heterocycles. The maximum absolute atomic E-state index is 13.1. The van der Waals surface area contributed by atoms with E-state index in [9.17, 15) is 9.18 Å². The largest absolute Gasteiger partial charge is 0.339 e. The number of nitrogens with zero attached hydrogens (tertiary/aromatic N) is 1. The van der Waals surface area contributed by atoms with Crippen LogP contribution in [0.4, 0.5) is 4.39 Å². The molecule has 1 N–H and O–H groups in total. The second-order valence-electron chi connectivity index (χ2n) is 5.80. The van der Waals surface area contributed by atoms with Crippen LogP contribution in [0.2, 0.25) is 0 Å². The minimum Gasteiger partial charge on any atom is -0.339 e. The highest BCUT2D eigenvalue weighted by atomic mass is 79.9. The van der Waals surface area contributed by atoms with E-state index in [0.717, 1.165) is 12.8 Å². The van der Waals surface area contributed by atoms with Gasteiger partial charge in [0.05, 0.1) is 5.56 Å². The molecule has 0 saturated carbocycles. The molecule has 2 fully saturated rings. The average molecular weight is 341 g/mol. The van der Waals surface area contributed by atoms with Gasteiger partial charge in [-0.3, -0.25) is 4.79 Å². The smallest absolute Gasteiger partial charge is 0.254 e. The van der Waals surface area contributed by atoms with Crippen LogP contribution in [-0.4, -0.2) is 36.0 Å². The molecule has 0 radical (unpaired) electrons. The van der Waals surface area contributed by atoms with Crippen LogP contribution in [0, 0.1) is 5.82 Å². The first-order valence-corrected chi connectivity index (χ1v) is 7.82. The molecule has 2 heterocycles. The third-order valence-corrected chi connectivity index (χ3v) is 5.13. The van der Waals surface area contributed by atoms with Crippen molar-refractivity contribution in [3.63, 3.8) is 0 Å². The summed E-state index contributed by atoms with van der Waals surface area (Å²) >= 11 is 3.28. The van der Waals surface area contributed by atoms with Crippen LogP contribution in [0.15, 0.2) is 22.7 Å². The van der Waals surface area contributed by atoms with Crippen LogP contribution in [0.5, 0.6) is 0 Å². The highest BCUT2D eigenvalue weighted by Crippen LogP contribution is 2.30. The molecule has 0 aliphatic carbocycles. The molecule has 0 spiro atoms. The van der Waals surface area contributed by atoms with Crippen molar-refractivity contribution in [2.45, 2.75) is 43.8 Å². The first kappa shape index (κ1) is 14.0.